The fourth-order valence-corrected chi connectivity index (χ4v) is 4.62. The third-order valence-corrected chi connectivity index (χ3v) is 6.47. The Kier molecular flexibility index (Phi) is 4.70. The van der Waals surface area contributed by atoms with E-state index in [2.05, 4.69) is 0 Å². The summed E-state index contributed by atoms with van der Waals surface area (Å²) in [6, 6.07) is 6.19. The molecule has 6 nitrogen and oxygen atoms in total. The van der Waals surface area contributed by atoms with Gasteiger partial charge in [-0.25, -0.2) is 8.42 Å². The Balaban J connectivity index is 1.73. The van der Waals surface area contributed by atoms with Gasteiger partial charge in [0.2, 0.25) is 10.0 Å². The van der Waals surface area contributed by atoms with Crippen molar-refractivity contribution in [2.45, 2.75) is 36.7 Å². The second-order valence-corrected chi connectivity index (χ2v) is 8.10. The summed E-state index contributed by atoms with van der Waals surface area (Å²) in [5, 5.41) is 9.50. The zero-order valence-electron chi connectivity index (χ0n) is 13.0. The maximum absolute atomic E-state index is 12.5. The Bertz CT molecular complexity index is 658. The van der Waals surface area contributed by atoms with Gasteiger partial charge in [-0.3, -0.25) is 4.79 Å². The second kappa shape index (κ2) is 6.59. The van der Waals surface area contributed by atoms with Crippen LogP contribution >= 0.6 is 0 Å². The van der Waals surface area contributed by atoms with E-state index in [0.717, 1.165) is 12.8 Å². The van der Waals surface area contributed by atoms with Gasteiger partial charge in [-0.2, -0.15) is 4.31 Å². The van der Waals surface area contributed by atoms with Gasteiger partial charge in [0.1, 0.15) is 0 Å². The van der Waals surface area contributed by atoms with Crippen LogP contribution in [0.25, 0.3) is 0 Å². The summed E-state index contributed by atoms with van der Waals surface area (Å²) < 4.78 is 26.4. The lowest BCUT2D eigenvalue weighted by Gasteiger charge is -2.29. The minimum atomic E-state index is -3.44. The van der Waals surface area contributed by atoms with Crippen LogP contribution in [0.3, 0.4) is 0 Å². The van der Waals surface area contributed by atoms with E-state index in [1.54, 1.807) is 17.0 Å². The molecule has 2 fully saturated rings. The number of hydrogen-bond acceptors (Lipinski definition) is 4. The van der Waals surface area contributed by atoms with Gasteiger partial charge in [0.05, 0.1) is 11.0 Å². The zero-order chi connectivity index (χ0) is 16.4. The van der Waals surface area contributed by atoms with Crippen LogP contribution in [0, 0.1) is 0 Å². The third-order valence-electron chi connectivity index (χ3n) is 4.56. The number of aliphatic hydroxyl groups excluding tert-OH is 1. The summed E-state index contributed by atoms with van der Waals surface area (Å²) in [4.78, 5) is 14.4. The molecular weight excluding hydrogens is 316 g/mol. The lowest BCUT2D eigenvalue weighted by Crippen LogP contribution is -2.40. The van der Waals surface area contributed by atoms with Crippen molar-refractivity contribution in [3.8, 4) is 0 Å². The molecule has 1 aromatic rings. The first-order chi connectivity index (χ1) is 11.0. The summed E-state index contributed by atoms with van der Waals surface area (Å²) in [6.07, 6.45) is 2.65. The highest BCUT2D eigenvalue weighted by Gasteiger charge is 2.28. The normalized spacial score (nSPS) is 20.8. The molecule has 7 heteroatoms. The largest absolute Gasteiger partial charge is 0.393 e. The van der Waals surface area contributed by atoms with Crippen molar-refractivity contribution in [2.75, 3.05) is 26.2 Å². The van der Waals surface area contributed by atoms with Crippen LogP contribution in [0.5, 0.6) is 0 Å². The molecular formula is C16H22N2O4S. The van der Waals surface area contributed by atoms with Crippen molar-refractivity contribution in [1.82, 2.24) is 9.21 Å². The van der Waals surface area contributed by atoms with Crippen molar-refractivity contribution in [3.63, 3.8) is 0 Å². The van der Waals surface area contributed by atoms with Crippen LogP contribution in [0.15, 0.2) is 29.2 Å². The number of amides is 1. The first-order valence-electron chi connectivity index (χ1n) is 8.06. The predicted molar refractivity (Wildman–Crippen MR) is 85.6 cm³/mol. The first kappa shape index (κ1) is 16.4. The molecule has 0 unspecified atom stereocenters. The molecule has 0 radical (unpaired) electrons. The molecule has 2 aliphatic heterocycles. The fourth-order valence-electron chi connectivity index (χ4n) is 3.10. The van der Waals surface area contributed by atoms with E-state index in [-0.39, 0.29) is 16.9 Å². The van der Waals surface area contributed by atoms with E-state index < -0.39 is 10.0 Å². The lowest BCUT2D eigenvalue weighted by molar-refractivity contribution is 0.0546. The number of hydrogen-bond donors (Lipinski definition) is 1. The smallest absolute Gasteiger partial charge is 0.253 e. The molecule has 0 aliphatic carbocycles. The van der Waals surface area contributed by atoms with Crippen LogP contribution in [-0.2, 0) is 10.0 Å². The molecule has 0 bridgehead atoms. The number of benzene rings is 1. The zero-order valence-corrected chi connectivity index (χ0v) is 13.8. The molecule has 2 saturated heterocycles. The van der Waals surface area contributed by atoms with Crippen LogP contribution in [0.1, 0.15) is 36.0 Å². The molecule has 126 valence electrons. The number of carbonyl (C=O) groups excluding carboxylic acids is 1. The van der Waals surface area contributed by atoms with Gasteiger partial charge >= 0.3 is 0 Å². The molecule has 0 saturated carbocycles. The molecule has 2 aliphatic rings. The van der Waals surface area contributed by atoms with Gasteiger partial charge in [0.15, 0.2) is 0 Å². The Morgan fingerprint density at radius 2 is 1.57 bits per heavy atom. The highest BCUT2D eigenvalue weighted by molar-refractivity contribution is 7.89. The molecule has 0 atom stereocenters. The third kappa shape index (κ3) is 3.41. The SMILES string of the molecule is O=C(c1ccc(S(=O)(=O)N2CCCC2)cc1)N1CCC(O)CC1. The van der Waals surface area contributed by atoms with Gasteiger partial charge in [-0.1, -0.05) is 0 Å². The van der Waals surface area contributed by atoms with Crippen LogP contribution < -0.4 is 0 Å². The second-order valence-electron chi connectivity index (χ2n) is 6.16. The van der Waals surface area contributed by atoms with Crippen molar-refractivity contribution in [1.29, 1.82) is 0 Å². The average molecular weight is 338 g/mol. The number of likely N-dealkylation sites (tertiary alicyclic amines) is 1. The molecule has 1 aromatic carbocycles. The maximum atomic E-state index is 12.5. The van der Waals surface area contributed by atoms with E-state index in [4.69, 9.17) is 0 Å². The van der Waals surface area contributed by atoms with Gasteiger partial charge in [-0.05, 0) is 49.9 Å². The molecule has 1 amide bonds. The van der Waals surface area contributed by atoms with Gasteiger partial charge in [0.25, 0.3) is 5.91 Å². The molecule has 0 aromatic heterocycles. The van der Waals surface area contributed by atoms with Gasteiger partial charge < -0.3 is 10.0 Å². The summed E-state index contributed by atoms with van der Waals surface area (Å²) in [5.41, 5.74) is 0.488. The molecule has 0 spiro atoms. The molecule has 23 heavy (non-hydrogen) atoms. The summed E-state index contributed by atoms with van der Waals surface area (Å²) in [7, 11) is -3.44. The molecule has 3 rings (SSSR count). The van der Waals surface area contributed by atoms with Gasteiger partial charge in [-0.15, -0.1) is 0 Å². The minimum Gasteiger partial charge on any atom is -0.393 e. The van der Waals surface area contributed by atoms with Crippen molar-refractivity contribution in [2.24, 2.45) is 0 Å². The van der Waals surface area contributed by atoms with E-state index >= 15 is 0 Å². The molecule has 2 heterocycles. The Morgan fingerprint density at radius 3 is 2.13 bits per heavy atom. The fraction of sp³-hybridized carbons (Fsp3) is 0.562. The average Bonchev–Trinajstić information content (AvgIpc) is 3.10. The lowest BCUT2D eigenvalue weighted by atomic mass is 10.1. The number of aliphatic hydroxyl groups is 1. The van der Waals surface area contributed by atoms with Gasteiger partial charge in [0, 0.05) is 31.7 Å². The Labute approximate surface area is 136 Å². The topological polar surface area (TPSA) is 77.9 Å². The first-order valence-corrected chi connectivity index (χ1v) is 9.50. The van der Waals surface area contributed by atoms with E-state index in [1.165, 1.54) is 16.4 Å². The number of rotatable bonds is 3. The quantitative estimate of drug-likeness (QED) is 0.894. The maximum Gasteiger partial charge on any atom is 0.253 e. The Hall–Kier alpha value is -1.44. The number of piperidine rings is 1. The van der Waals surface area contributed by atoms with Crippen molar-refractivity contribution >= 4 is 15.9 Å². The van der Waals surface area contributed by atoms with E-state index in [9.17, 15) is 18.3 Å². The highest BCUT2D eigenvalue weighted by atomic mass is 32.2. The van der Waals surface area contributed by atoms with Crippen molar-refractivity contribution in [3.05, 3.63) is 29.8 Å². The van der Waals surface area contributed by atoms with E-state index in [1.807, 2.05) is 0 Å². The van der Waals surface area contributed by atoms with E-state index in [0.29, 0.717) is 44.6 Å². The number of nitrogens with zero attached hydrogens (tertiary/aromatic N) is 2. The van der Waals surface area contributed by atoms with Crippen LogP contribution in [0.4, 0.5) is 0 Å². The standard InChI is InChI=1S/C16H22N2O4S/c19-14-7-11-17(12-8-14)16(20)13-3-5-15(6-4-13)23(21,22)18-9-1-2-10-18/h3-6,14,19H,1-2,7-12H2. The van der Waals surface area contributed by atoms with Crippen molar-refractivity contribution < 1.29 is 18.3 Å². The highest BCUT2D eigenvalue weighted by Crippen LogP contribution is 2.22. The van der Waals surface area contributed by atoms with Crippen LogP contribution in [-0.4, -0.2) is 60.9 Å². The monoisotopic (exact) mass is 338 g/mol. The molecule has 1 N–H and O–H groups in total. The number of carbonyl (C=O) groups is 1. The summed E-state index contributed by atoms with van der Waals surface area (Å²) in [6.45, 7) is 2.21. The predicted octanol–water partition coefficient (Wildman–Crippen LogP) is 1.07. The summed E-state index contributed by atoms with van der Waals surface area (Å²) in [5.74, 6) is -0.109. The minimum absolute atomic E-state index is 0.109. The summed E-state index contributed by atoms with van der Waals surface area (Å²) >= 11 is 0. The number of sulfonamides is 1. The Morgan fingerprint density at radius 1 is 1.00 bits per heavy atom. The van der Waals surface area contributed by atoms with Crippen LogP contribution in [0.2, 0.25) is 0 Å².